The summed E-state index contributed by atoms with van der Waals surface area (Å²) in [5.41, 5.74) is 1.35. The van der Waals surface area contributed by atoms with Crippen molar-refractivity contribution < 1.29 is 19.5 Å². The van der Waals surface area contributed by atoms with E-state index in [1.807, 2.05) is 12.1 Å². The van der Waals surface area contributed by atoms with Crippen molar-refractivity contribution in [2.45, 2.75) is 43.2 Å². The Balaban J connectivity index is 1.71. The van der Waals surface area contributed by atoms with Crippen molar-refractivity contribution in [1.29, 1.82) is 0 Å². The highest BCUT2D eigenvalue weighted by molar-refractivity contribution is 8.01. The quantitative estimate of drug-likeness (QED) is 0.457. The number of urea groups is 1. The molecule has 0 atom stereocenters. The minimum Gasteiger partial charge on any atom is -0.481 e. The lowest BCUT2D eigenvalue weighted by molar-refractivity contribution is -0.136. The van der Waals surface area contributed by atoms with E-state index < -0.39 is 5.97 Å². The summed E-state index contributed by atoms with van der Waals surface area (Å²) in [6.45, 7) is 2.05. The fourth-order valence-corrected chi connectivity index (χ4v) is 5.36. The third kappa shape index (κ3) is 7.25. The summed E-state index contributed by atoms with van der Waals surface area (Å²) >= 11 is 2.73. The number of hydrogen-bond acceptors (Lipinski definition) is 6. The Morgan fingerprint density at radius 2 is 2.03 bits per heavy atom. The SMILES string of the molecule is CC(=O)Nc1cccc(N(CC2CCCC2)C(=O)Nc2ncc(SCCC(=O)O)s2)c1. The van der Waals surface area contributed by atoms with Crippen molar-refractivity contribution in [3.8, 4) is 0 Å². The zero-order valence-corrected chi connectivity index (χ0v) is 18.9. The molecule has 0 aliphatic heterocycles. The van der Waals surface area contributed by atoms with Gasteiger partial charge in [-0.05, 0) is 37.0 Å². The first-order chi connectivity index (χ1) is 14.9. The molecule has 0 saturated heterocycles. The number of amides is 3. The average Bonchev–Trinajstić information content (AvgIpc) is 3.37. The van der Waals surface area contributed by atoms with Gasteiger partial charge in [-0.2, -0.15) is 0 Å². The van der Waals surface area contributed by atoms with E-state index in [9.17, 15) is 14.4 Å². The van der Waals surface area contributed by atoms with Gasteiger partial charge in [-0.15, -0.1) is 11.8 Å². The first-order valence-electron chi connectivity index (χ1n) is 10.2. The highest BCUT2D eigenvalue weighted by Gasteiger charge is 2.24. The van der Waals surface area contributed by atoms with Gasteiger partial charge in [-0.25, -0.2) is 9.78 Å². The van der Waals surface area contributed by atoms with Gasteiger partial charge in [0, 0.05) is 30.6 Å². The first-order valence-corrected chi connectivity index (χ1v) is 12.0. The summed E-state index contributed by atoms with van der Waals surface area (Å²) in [6.07, 6.45) is 6.26. The van der Waals surface area contributed by atoms with Crippen molar-refractivity contribution >= 4 is 57.5 Å². The predicted molar refractivity (Wildman–Crippen MR) is 124 cm³/mol. The number of aliphatic carboxylic acids is 1. The molecule has 1 heterocycles. The van der Waals surface area contributed by atoms with Gasteiger partial charge < -0.3 is 10.4 Å². The number of hydrogen-bond donors (Lipinski definition) is 3. The summed E-state index contributed by atoms with van der Waals surface area (Å²) in [5, 5.41) is 14.9. The number of carbonyl (C=O) groups excluding carboxylic acids is 2. The molecule has 3 rings (SSSR count). The lowest BCUT2D eigenvalue weighted by Gasteiger charge is -2.26. The van der Waals surface area contributed by atoms with Crippen molar-refractivity contribution in [3.05, 3.63) is 30.5 Å². The Hall–Kier alpha value is -2.59. The molecule has 166 valence electrons. The summed E-state index contributed by atoms with van der Waals surface area (Å²) in [4.78, 5) is 41.2. The summed E-state index contributed by atoms with van der Waals surface area (Å²) in [6, 6.07) is 6.98. The van der Waals surface area contributed by atoms with Crippen molar-refractivity contribution in [2.24, 2.45) is 5.92 Å². The molecule has 1 saturated carbocycles. The van der Waals surface area contributed by atoms with E-state index in [4.69, 9.17) is 5.11 Å². The van der Waals surface area contributed by atoms with Crippen LogP contribution in [0.5, 0.6) is 0 Å². The Morgan fingerprint density at radius 1 is 1.26 bits per heavy atom. The van der Waals surface area contributed by atoms with Gasteiger partial charge in [0.15, 0.2) is 5.13 Å². The molecule has 0 unspecified atom stereocenters. The first kappa shape index (κ1) is 23.1. The minimum absolute atomic E-state index is 0.0735. The van der Waals surface area contributed by atoms with E-state index in [-0.39, 0.29) is 18.4 Å². The topological polar surface area (TPSA) is 112 Å². The van der Waals surface area contributed by atoms with E-state index in [2.05, 4.69) is 15.6 Å². The number of carboxylic acids is 1. The van der Waals surface area contributed by atoms with Gasteiger partial charge >= 0.3 is 12.0 Å². The number of thioether (sulfide) groups is 1. The molecule has 3 N–H and O–H groups in total. The molecular formula is C21H26N4O4S2. The van der Waals surface area contributed by atoms with E-state index >= 15 is 0 Å². The van der Waals surface area contributed by atoms with E-state index in [1.165, 1.54) is 42.9 Å². The smallest absolute Gasteiger partial charge is 0.328 e. The van der Waals surface area contributed by atoms with Crippen LogP contribution in [0.3, 0.4) is 0 Å². The molecule has 1 aromatic carbocycles. The molecule has 0 spiro atoms. The number of carbonyl (C=O) groups is 3. The van der Waals surface area contributed by atoms with Crippen LogP contribution in [-0.2, 0) is 9.59 Å². The number of benzene rings is 1. The Kier molecular flexibility index (Phi) is 8.30. The fourth-order valence-electron chi connectivity index (χ4n) is 3.49. The van der Waals surface area contributed by atoms with Crippen molar-refractivity contribution in [1.82, 2.24) is 4.98 Å². The maximum Gasteiger partial charge on any atom is 0.328 e. The Bertz CT molecular complexity index is 928. The predicted octanol–water partition coefficient (Wildman–Crippen LogP) is 4.90. The number of rotatable bonds is 9. The van der Waals surface area contributed by atoms with Crippen LogP contribution in [-0.4, -0.2) is 40.3 Å². The monoisotopic (exact) mass is 462 g/mol. The number of thiazole rings is 1. The number of carboxylic acid groups (broad SMARTS) is 1. The molecular weight excluding hydrogens is 436 g/mol. The Labute approximate surface area is 189 Å². The molecule has 1 fully saturated rings. The summed E-state index contributed by atoms with van der Waals surface area (Å²) in [7, 11) is 0. The normalized spacial score (nSPS) is 13.7. The van der Waals surface area contributed by atoms with E-state index in [0.717, 1.165) is 17.1 Å². The molecule has 3 amide bonds. The average molecular weight is 463 g/mol. The molecule has 10 heteroatoms. The van der Waals surface area contributed by atoms with Gasteiger partial charge in [0.2, 0.25) is 5.91 Å². The lowest BCUT2D eigenvalue weighted by atomic mass is 10.1. The third-order valence-corrected chi connectivity index (χ3v) is 7.01. The molecule has 1 aliphatic rings. The van der Waals surface area contributed by atoms with Crippen LogP contribution in [0.15, 0.2) is 34.7 Å². The zero-order chi connectivity index (χ0) is 22.2. The highest BCUT2D eigenvalue weighted by Crippen LogP contribution is 2.31. The van der Waals surface area contributed by atoms with Crippen molar-refractivity contribution in [3.63, 3.8) is 0 Å². The lowest BCUT2D eigenvalue weighted by Crippen LogP contribution is -2.38. The molecule has 1 aliphatic carbocycles. The second kappa shape index (κ2) is 11.1. The molecule has 2 aromatic rings. The van der Waals surface area contributed by atoms with Crippen molar-refractivity contribution in [2.75, 3.05) is 27.8 Å². The van der Waals surface area contributed by atoms with Gasteiger partial charge in [0.1, 0.15) is 0 Å². The third-order valence-electron chi connectivity index (χ3n) is 4.90. The van der Waals surface area contributed by atoms with Crippen LogP contribution in [0.2, 0.25) is 0 Å². The van der Waals surface area contributed by atoms with Crippen LogP contribution < -0.4 is 15.5 Å². The number of aromatic nitrogens is 1. The standard InChI is InChI=1S/C21H26N4O4S2/c1-14(26)23-16-7-4-8-17(11-16)25(13-15-5-2-3-6-15)21(29)24-20-22-12-19(31-20)30-10-9-18(27)28/h4,7-8,11-12,15H,2-3,5-6,9-10,13H2,1H3,(H,23,26)(H,27,28)(H,22,24,29). The maximum absolute atomic E-state index is 13.2. The fraction of sp³-hybridized carbons (Fsp3) is 0.429. The largest absolute Gasteiger partial charge is 0.481 e. The molecule has 1 aromatic heterocycles. The van der Waals surface area contributed by atoms with Gasteiger partial charge in [-0.3, -0.25) is 19.8 Å². The van der Waals surface area contributed by atoms with Crippen LogP contribution in [0.4, 0.5) is 21.3 Å². The second-order valence-corrected chi connectivity index (χ2v) is 9.83. The molecule has 8 nitrogen and oxygen atoms in total. The van der Waals surface area contributed by atoms with Gasteiger partial charge in [-0.1, -0.05) is 30.2 Å². The van der Waals surface area contributed by atoms with Crippen LogP contribution >= 0.6 is 23.1 Å². The van der Waals surface area contributed by atoms with Crippen LogP contribution in [0.25, 0.3) is 0 Å². The van der Waals surface area contributed by atoms with Crippen LogP contribution in [0, 0.1) is 5.92 Å². The number of nitrogens with one attached hydrogen (secondary N) is 2. The molecule has 0 radical (unpaired) electrons. The second-order valence-electron chi connectivity index (χ2n) is 7.40. The number of nitrogens with zero attached hydrogens (tertiary/aromatic N) is 2. The molecule has 0 bridgehead atoms. The van der Waals surface area contributed by atoms with Gasteiger partial charge in [0.05, 0.1) is 16.8 Å². The summed E-state index contributed by atoms with van der Waals surface area (Å²) < 4.78 is 0.853. The van der Waals surface area contributed by atoms with E-state index in [0.29, 0.717) is 34.7 Å². The minimum atomic E-state index is -0.838. The zero-order valence-electron chi connectivity index (χ0n) is 17.3. The summed E-state index contributed by atoms with van der Waals surface area (Å²) in [5.74, 6) is -0.114. The van der Waals surface area contributed by atoms with Crippen LogP contribution in [0.1, 0.15) is 39.0 Å². The highest BCUT2D eigenvalue weighted by atomic mass is 32.2. The maximum atomic E-state index is 13.2. The van der Waals surface area contributed by atoms with Gasteiger partial charge in [0.25, 0.3) is 0 Å². The Morgan fingerprint density at radius 3 is 2.74 bits per heavy atom. The number of anilines is 3. The van der Waals surface area contributed by atoms with E-state index in [1.54, 1.807) is 23.2 Å². The molecule has 31 heavy (non-hydrogen) atoms.